The number of nitrogens with zero attached hydrogens (tertiary/aromatic N) is 1. The quantitative estimate of drug-likeness (QED) is 0.424. The van der Waals surface area contributed by atoms with Gasteiger partial charge < -0.3 is 10.2 Å². The lowest BCUT2D eigenvalue weighted by atomic mass is 10.0. The van der Waals surface area contributed by atoms with Gasteiger partial charge in [0.05, 0.1) is 6.42 Å². The number of nitrogens with one attached hydrogen (secondary N) is 1. The van der Waals surface area contributed by atoms with Crippen LogP contribution in [0.5, 0.6) is 0 Å². The molecule has 0 heterocycles. The van der Waals surface area contributed by atoms with Gasteiger partial charge in [-0.25, -0.2) is 4.39 Å². The van der Waals surface area contributed by atoms with E-state index in [1.165, 1.54) is 12.1 Å². The molecule has 33 heavy (non-hydrogen) atoms. The molecule has 0 saturated carbocycles. The highest BCUT2D eigenvalue weighted by Crippen LogP contribution is 2.18. The Labute approximate surface area is 202 Å². The van der Waals surface area contributed by atoms with Crippen LogP contribution in [0.1, 0.15) is 30.5 Å². The first-order valence-corrected chi connectivity index (χ1v) is 11.7. The minimum Gasteiger partial charge on any atom is -0.352 e. The molecule has 0 aliphatic carbocycles. The maximum absolute atomic E-state index is 13.5. The molecule has 3 rings (SSSR count). The molecule has 0 saturated heterocycles. The Morgan fingerprint density at radius 1 is 0.879 bits per heavy atom. The van der Waals surface area contributed by atoms with Gasteiger partial charge in [-0.05, 0) is 54.8 Å². The van der Waals surface area contributed by atoms with Gasteiger partial charge >= 0.3 is 0 Å². The molecule has 3 aromatic carbocycles. The summed E-state index contributed by atoms with van der Waals surface area (Å²) in [6.07, 6.45) is 0.474. The molecule has 172 valence electrons. The van der Waals surface area contributed by atoms with Gasteiger partial charge in [-0.3, -0.25) is 9.59 Å². The third-order valence-corrected chi connectivity index (χ3v) is 5.77. The molecule has 0 aromatic heterocycles. The summed E-state index contributed by atoms with van der Waals surface area (Å²) in [5.41, 5.74) is 2.59. The van der Waals surface area contributed by atoms with Crippen LogP contribution in [0.15, 0.2) is 83.3 Å². The highest BCUT2D eigenvalue weighted by molar-refractivity contribution is 9.10. The summed E-state index contributed by atoms with van der Waals surface area (Å²) in [6.45, 7) is 4.09. The summed E-state index contributed by atoms with van der Waals surface area (Å²) in [5, 5.41) is 2.97. The van der Waals surface area contributed by atoms with Gasteiger partial charge in [0.25, 0.3) is 0 Å². The van der Waals surface area contributed by atoms with E-state index in [4.69, 9.17) is 0 Å². The molecule has 0 radical (unpaired) electrons. The van der Waals surface area contributed by atoms with Gasteiger partial charge in [0.15, 0.2) is 0 Å². The fourth-order valence-corrected chi connectivity index (χ4v) is 3.86. The molecule has 0 aliphatic heterocycles. The predicted octanol–water partition coefficient (Wildman–Crippen LogP) is 5.30. The zero-order chi connectivity index (χ0) is 23.8. The zero-order valence-corrected chi connectivity index (χ0v) is 20.4. The molecular formula is C27H28BrFN2O2. The van der Waals surface area contributed by atoms with Crippen molar-refractivity contribution < 1.29 is 14.0 Å². The van der Waals surface area contributed by atoms with Gasteiger partial charge in [-0.2, -0.15) is 0 Å². The van der Waals surface area contributed by atoms with Crippen LogP contribution in [0.25, 0.3) is 0 Å². The molecule has 2 amide bonds. The number of carbonyl (C=O) groups is 2. The first kappa shape index (κ1) is 24.6. The number of carbonyl (C=O) groups excluding carboxylic acids is 2. The maximum atomic E-state index is 13.5. The summed E-state index contributed by atoms with van der Waals surface area (Å²) in [6, 6.07) is 22.5. The van der Waals surface area contributed by atoms with Gasteiger partial charge in [0, 0.05) is 23.5 Å². The number of amides is 2. The molecule has 1 N–H and O–H groups in total. The highest BCUT2D eigenvalue weighted by Gasteiger charge is 2.30. The molecular weight excluding hydrogens is 483 g/mol. The fraction of sp³-hybridized carbons (Fsp3) is 0.259. The molecule has 0 fully saturated rings. The predicted molar refractivity (Wildman–Crippen MR) is 132 cm³/mol. The lowest BCUT2D eigenvalue weighted by molar-refractivity contribution is -0.141. The summed E-state index contributed by atoms with van der Waals surface area (Å²) < 4.78 is 14.3. The third kappa shape index (κ3) is 7.53. The van der Waals surface area contributed by atoms with Gasteiger partial charge in [0.2, 0.25) is 11.8 Å². The average Bonchev–Trinajstić information content (AvgIpc) is 2.79. The van der Waals surface area contributed by atoms with Crippen molar-refractivity contribution in [3.05, 3.63) is 106 Å². The number of hydrogen-bond donors (Lipinski definition) is 1. The van der Waals surface area contributed by atoms with Crippen molar-refractivity contribution in [3.63, 3.8) is 0 Å². The highest BCUT2D eigenvalue weighted by atomic mass is 79.9. The van der Waals surface area contributed by atoms with E-state index in [9.17, 15) is 14.0 Å². The van der Waals surface area contributed by atoms with Crippen LogP contribution in [0, 0.1) is 5.82 Å². The van der Waals surface area contributed by atoms with E-state index in [-0.39, 0.29) is 36.6 Å². The second kappa shape index (κ2) is 11.8. The lowest BCUT2D eigenvalue weighted by Crippen LogP contribution is -2.52. The van der Waals surface area contributed by atoms with E-state index >= 15 is 0 Å². The monoisotopic (exact) mass is 510 g/mol. The van der Waals surface area contributed by atoms with Crippen LogP contribution in [0.3, 0.4) is 0 Å². The van der Waals surface area contributed by atoms with Crippen molar-refractivity contribution in [2.45, 2.75) is 45.3 Å². The van der Waals surface area contributed by atoms with Crippen molar-refractivity contribution in [2.75, 3.05) is 0 Å². The molecule has 3 aromatic rings. The van der Waals surface area contributed by atoms with Crippen molar-refractivity contribution in [3.8, 4) is 0 Å². The summed E-state index contributed by atoms with van der Waals surface area (Å²) in [7, 11) is 0. The Hall–Kier alpha value is -2.99. The number of halogens is 2. The topological polar surface area (TPSA) is 49.4 Å². The van der Waals surface area contributed by atoms with Gasteiger partial charge in [-0.1, -0.05) is 70.5 Å². The molecule has 0 spiro atoms. The van der Waals surface area contributed by atoms with E-state index in [0.717, 1.165) is 15.6 Å². The van der Waals surface area contributed by atoms with Gasteiger partial charge in [-0.15, -0.1) is 0 Å². The molecule has 4 nitrogen and oxygen atoms in total. The first-order valence-electron chi connectivity index (χ1n) is 10.9. The van der Waals surface area contributed by atoms with Crippen molar-refractivity contribution in [1.29, 1.82) is 0 Å². The molecule has 6 heteroatoms. The Bertz CT molecular complexity index is 1050. The van der Waals surface area contributed by atoms with E-state index in [1.54, 1.807) is 17.0 Å². The Morgan fingerprint density at radius 3 is 2.09 bits per heavy atom. The Balaban J connectivity index is 1.95. The molecule has 0 aliphatic rings. The van der Waals surface area contributed by atoms with Crippen LogP contribution >= 0.6 is 15.9 Å². The van der Waals surface area contributed by atoms with Crippen LogP contribution < -0.4 is 5.32 Å². The minimum atomic E-state index is -0.689. The van der Waals surface area contributed by atoms with Crippen LogP contribution in [0.4, 0.5) is 4.39 Å². The molecule has 1 unspecified atom stereocenters. The van der Waals surface area contributed by atoms with E-state index in [2.05, 4.69) is 21.2 Å². The largest absolute Gasteiger partial charge is 0.352 e. The smallest absolute Gasteiger partial charge is 0.243 e. The Morgan fingerprint density at radius 2 is 1.48 bits per heavy atom. The Kier molecular flexibility index (Phi) is 8.78. The number of benzene rings is 3. The summed E-state index contributed by atoms with van der Waals surface area (Å²) >= 11 is 3.44. The molecule has 1 atom stereocenters. The third-order valence-electron chi connectivity index (χ3n) is 5.24. The lowest BCUT2D eigenvalue weighted by Gasteiger charge is -2.32. The number of hydrogen-bond acceptors (Lipinski definition) is 2. The molecule has 0 bridgehead atoms. The van der Waals surface area contributed by atoms with E-state index in [0.29, 0.717) is 12.0 Å². The average molecular weight is 511 g/mol. The van der Waals surface area contributed by atoms with Crippen LogP contribution in [-0.2, 0) is 29.0 Å². The fourth-order valence-electron chi connectivity index (χ4n) is 3.60. The van der Waals surface area contributed by atoms with Crippen molar-refractivity contribution >= 4 is 27.7 Å². The van der Waals surface area contributed by atoms with E-state index < -0.39 is 6.04 Å². The van der Waals surface area contributed by atoms with Crippen LogP contribution in [-0.4, -0.2) is 28.8 Å². The number of rotatable bonds is 9. The first-order chi connectivity index (χ1) is 15.8. The second-order valence-corrected chi connectivity index (χ2v) is 9.24. The maximum Gasteiger partial charge on any atom is 0.243 e. The van der Waals surface area contributed by atoms with Crippen LogP contribution in [0.2, 0.25) is 0 Å². The minimum absolute atomic E-state index is 0.0579. The van der Waals surface area contributed by atoms with Crippen molar-refractivity contribution in [2.24, 2.45) is 0 Å². The normalized spacial score (nSPS) is 11.8. The second-order valence-electron chi connectivity index (χ2n) is 8.32. The van der Waals surface area contributed by atoms with E-state index in [1.807, 2.05) is 68.4 Å². The summed E-state index contributed by atoms with van der Waals surface area (Å²) in [4.78, 5) is 28.5. The standard InChI is InChI=1S/C27H28BrFN2O2/c1-19(2)30-27(33)25(16-20-6-4-3-5-7-20)31(18-22-8-12-23(28)13-9-22)26(32)17-21-10-14-24(29)15-11-21/h3-15,19,25H,16-18H2,1-2H3,(H,30,33). The van der Waals surface area contributed by atoms with Crippen molar-refractivity contribution in [1.82, 2.24) is 10.2 Å². The SMILES string of the molecule is CC(C)NC(=O)C(Cc1ccccc1)N(Cc1ccc(Br)cc1)C(=O)Cc1ccc(F)cc1. The van der Waals surface area contributed by atoms with Gasteiger partial charge in [0.1, 0.15) is 11.9 Å². The summed E-state index contributed by atoms with van der Waals surface area (Å²) in [5.74, 6) is -0.737. The zero-order valence-electron chi connectivity index (χ0n) is 18.8.